The van der Waals surface area contributed by atoms with Crippen LogP contribution < -0.4 is 4.90 Å². The molecule has 0 saturated carbocycles. The van der Waals surface area contributed by atoms with Crippen LogP contribution in [0.3, 0.4) is 0 Å². The fraction of sp³-hybridized carbons (Fsp3) is 0.0612. The molecule has 1 aliphatic carbocycles. The van der Waals surface area contributed by atoms with Crippen LogP contribution in [0, 0.1) is 0 Å². The normalized spacial score (nSPS) is 13.1. The van der Waals surface area contributed by atoms with Gasteiger partial charge in [-0.3, -0.25) is 0 Å². The third-order valence-corrected chi connectivity index (χ3v) is 12.1. The van der Waals surface area contributed by atoms with Crippen LogP contribution in [-0.4, -0.2) is 0 Å². The van der Waals surface area contributed by atoms with Crippen molar-refractivity contribution in [3.05, 3.63) is 187 Å². The van der Waals surface area contributed by atoms with Crippen molar-refractivity contribution in [2.24, 2.45) is 0 Å². The lowest BCUT2D eigenvalue weighted by atomic mass is 9.82. The van der Waals surface area contributed by atoms with Crippen molar-refractivity contribution < 1.29 is 0 Å². The Bertz CT molecular complexity index is 2770. The summed E-state index contributed by atoms with van der Waals surface area (Å²) >= 11 is 1.90. The molecule has 1 nitrogen and oxygen atoms in total. The molecule has 0 N–H and O–H groups in total. The predicted molar refractivity (Wildman–Crippen MR) is 220 cm³/mol. The zero-order valence-corrected chi connectivity index (χ0v) is 29.4. The van der Waals surface area contributed by atoms with E-state index in [1.165, 1.54) is 75.5 Å². The maximum Gasteiger partial charge on any atom is 0.0468 e. The minimum Gasteiger partial charge on any atom is -0.310 e. The summed E-state index contributed by atoms with van der Waals surface area (Å²) in [5, 5.41) is 5.19. The molecule has 8 aromatic carbocycles. The number of nitrogens with zero attached hydrogens (tertiary/aromatic N) is 1. The lowest BCUT2D eigenvalue weighted by Crippen LogP contribution is -2.16. The summed E-state index contributed by atoms with van der Waals surface area (Å²) in [6.45, 7) is 4.72. The minimum atomic E-state index is -0.0953. The topological polar surface area (TPSA) is 3.24 Å². The Hall–Kier alpha value is -5.96. The van der Waals surface area contributed by atoms with Gasteiger partial charge >= 0.3 is 0 Å². The molecular weight excluding hydrogens is 635 g/mol. The van der Waals surface area contributed by atoms with Gasteiger partial charge < -0.3 is 4.90 Å². The molecule has 0 amide bonds. The van der Waals surface area contributed by atoms with Crippen LogP contribution in [0.5, 0.6) is 0 Å². The molecule has 0 atom stereocenters. The van der Waals surface area contributed by atoms with Gasteiger partial charge in [-0.25, -0.2) is 0 Å². The van der Waals surface area contributed by atoms with E-state index < -0.39 is 0 Å². The number of hydrogen-bond donors (Lipinski definition) is 0. The van der Waals surface area contributed by atoms with Gasteiger partial charge in [0.15, 0.2) is 0 Å². The quantitative estimate of drug-likeness (QED) is 0.176. The largest absolute Gasteiger partial charge is 0.310 e. The summed E-state index contributed by atoms with van der Waals surface area (Å²) < 4.78 is 2.64. The van der Waals surface area contributed by atoms with Gasteiger partial charge in [-0.1, -0.05) is 141 Å². The summed E-state index contributed by atoms with van der Waals surface area (Å²) in [7, 11) is 0. The highest BCUT2D eigenvalue weighted by Gasteiger charge is 2.35. The summed E-state index contributed by atoms with van der Waals surface area (Å²) in [5.41, 5.74) is 13.7. The molecule has 1 aliphatic rings. The van der Waals surface area contributed by atoms with Crippen LogP contribution in [0.15, 0.2) is 176 Å². The van der Waals surface area contributed by atoms with Gasteiger partial charge in [0.05, 0.1) is 0 Å². The van der Waals surface area contributed by atoms with Crippen molar-refractivity contribution in [2.45, 2.75) is 19.3 Å². The number of fused-ring (bicyclic) bond motifs is 8. The van der Waals surface area contributed by atoms with E-state index in [1.54, 1.807) is 0 Å². The van der Waals surface area contributed by atoms with Crippen molar-refractivity contribution >= 4 is 59.3 Å². The third-order valence-electron chi connectivity index (χ3n) is 10.8. The van der Waals surface area contributed by atoms with Crippen molar-refractivity contribution in [3.8, 4) is 33.4 Å². The van der Waals surface area contributed by atoms with Crippen molar-refractivity contribution in [1.29, 1.82) is 0 Å². The van der Waals surface area contributed by atoms with Crippen molar-refractivity contribution in [3.63, 3.8) is 0 Å². The highest BCUT2D eigenvalue weighted by Crippen LogP contribution is 2.51. The van der Waals surface area contributed by atoms with E-state index in [0.29, 0.717) is 0 Å². The van der Waals surface area contributed by atoms with E-state index in [-0.39, 0.29) is 5.41 Å². The molecule has 0 bridgehead atoms. The van der Waals surface area contributed by atoms with E-state index in [4.69, 9.17) is 0 Å². The fourth-order valence-corrected chi connectivity index (χ4v) is 9.52. The second kappa shape index (κ2) is 11.6. The lowest BCUT2D eigenvalue weighted by Gasteiger charge is -2.28. The molecule has 10 rings (SSSR count). The first-order valence-corrected chi connectivity index (χ1v) is 18.5. The Balaban J connectivity index is 1.21. The molecule has 2 heteroatoms. The van der Waals surface area contributed by atoms with Crippen LogP contribution in [0.1, 0.15) is 25.0 Å². The molecule has 9 aromatic rings. The van der Waals surface area contributed by atoms with Gasteiger partial charge in [0, 0.05) is 48.0 Å². The SMILES string of the molecule is CC1(C)c2ccccc2-c2ccc(N(c3cccc(-c4ccccc4)c3)c3ccc4sc5c6ccccc6c(-c6ccccc6)cc5c4c3)cc21. The molecule has 1 heterocycles. The first-order chi connectivity index (χ1) is 25.0. The van der Waals surface area contributed by atoms with Crippen LogP contribution in [-0.2, 0) is 5.41 Å². The average molecular weight is 670 g/mol. The fourth-order valence-electron chi connectivity index (χ4n) is 8.32. The first-order valence-electron chi connectivity index (χ1n) is 17.7. The zero-order valence-electron chi connectivity index (χ0n) is 28.6. The molecule has 1 aromatic heterocycles. The molecule has 0 saturated heterocycles. The second-order valence-corrected chi connectivity index (χ2v) is 15.2. The number of thiophene rings is 1. The molecular formula is C49H35NS. The monoisotopic (exact) mass is 669 g/mol. The van der Waals surface area contributed by atoms with Gasteiger partial charge in [0.1, 0.15) is 0 Å². The minimum absolute atomic E-state index is 0.0953. The maximum atomic E-state index is 2.45. The second-order valence-electron chi connectivity index (χ2n) is 14.1. The molecule has 242 valence electrons. The first kappa shape index (κ1) is 29.9. The highest BCUT2D eigenvalue weighted by molar-refractivity contribution is 7.26. The summed E-state index contributed by atoms with van der Waals surface area (Å²) in [6, 6.07) is 64.8. The van der Waals surface area contributed by atoms with E-state index in [2.05, 4.69) is 195 Å². The number of anilines is 3. The van der Waals surface area contributed by atoms with E-state index in [1.807, 2.05) is 11.3 Å². The smallest absolute Gasteiger partial charge is 0.0468 e. The van der Waals surface area contributed by atoms with Crippen molar-refractivity contribution in [2.75, 3.05) is 4.90 Å². The van der Waals surface area contributed by atoms with Gasteiger partial charge in [-0.15, -0.1) is 11.3 Å². The Labute approximate surface area is 302 Å². The average Bonchev–Trinajstić information content (AvgIpc) is 3.67. The number of rotatable bonds is 5. The highest BCUT2D eigenvalue weighted by atomic mass is 32.1. The maximum absolute atomic E-state index is 2.45. The third kappa shape index (κ3) is 4.75. The molecule has 51 heavy (non-hydrogen) atoms. The molecule has 0 aliphatic heterocycles. The van der Waals surface area contributed by atoms with Crippen molar-refractivity contribution in [1.82, 2.24) is 0 Å². The van der Waals surface area contributed by atoms with Gasteiger partial charge in [-0.2, -0.15) is 0 Å². The summed E-state index contributed by atoms with van der Waals surface area (Å²) in [4.78, 5) is 2.45. The molecule has 0 fully saturated rings. The van der Waals surface area contributed by atoms with Crippen LogP contribution in [0.4, 0.5) is 17.1 Å². The molecule has 0 radical (unpaired) electrons. The standard InChI is InChI=1S/C49H35NS/c1-49(2)45-23-12-11-21-39(45)40-26-24-37(30-46(40)49)50(35-19-13-18-34(28-35)32-14-5-3-6-15-32)36-25-27-47-43(29-36)44-31-42(33-16-7-4-8-17-33)38-20-9-10-22-41(38)48(44)51-47/h3-31H,1-2H3. The Morgan fingerprint density at radius 3 is 1.84 bits per heavy atom. The number of benzene rings is 8. The lowest BCUT2D eigenvalue weighted by molar-refractivity contribution is 0.660. The summed E-state index contributed by atoms with van der Waals surface area (Å²) in [6.07, 6.45) is 0. The van der Waals surface area contributed by atoms with E-state index in [9.17, 15) is 0 Å². The van der Waals surface area contributed by atoms with Crippen LogP contribution >= 0.6 is 11.3 Å². The van der Waals surface area contributed by atoms with Gasteiger partial charge in [0.2, 0.25) is 0 Å². The Kier molecular flexibility index (Phi) is 6.78. The van der Waals surface area contributed by atoms with Crippen LogP contribution in [0.25, 0.3) is 64.3 Å². The van der Waals surface area contributed by atoms with Gasteiger partial charge in [-0.05, 0) is 98.4 Å². The predicted octanol–water partition coefficient (Wildman–Crippen LogP) is 14.3. The van der Waals surface area contributed by atoms with Crippen LogP contribution in [0.2, 0.25) is 0 Å². The zero-order chi connectivity index (χ0) is 34.1. The molecule has 0 spiro atoms. The summed E-state index contributed by atoms with van der Waals surface area (Å²) in [5.74, 6) is 0. The Morgan fingerprint density at radius 1 is 0.392 bits per heavy atom. The molecule has 0 unspecified atom stereocenters. The number of hydrogen-bond acceptors (Lipinski definition) is 2. The van der Waals surface area contributed by atoms with E-state index in [0.717, 1.165) is 17.1 Å². The Morgan fingerprint density at radius 2 is 1.02 bits per heavy atom. The van der Waals surface area contributed by atoms with Gasteiger partial charge in [0.25, 0.3) is 0 Å². The van der Waals surface area contributed by atoms with E-state index >= 15 is 0 Å².